The molecule has 0 bridgehead atoms. The van der Waals surface area contributed by atoms with Crippen LogP contribution in [-0.2, 0) is 6.42 Å². The number of ether oxygens (including phenoxy) is 1. The van der Waals surface area contributed by atoms with E-state index in [1.165, 1.54) is 30.5 Å². The summed E-state index contributed by atoms with van der Waals surface area (Å²) >= 11 is 0. The van der Waals surface area contributed by atoms with Gasteiger partial charge in [-0.05, 0) is 43.0 Å². The molecule has 0 amide bonds. The first-order chi connectivity index (χ1) is 8.85. The minimum Gasteiger partial charge on any atom is -0.496 e. The van der Waals surface area contributed by atoms with E-state index in [0.29, 0.717) is 12.0 Å². The van der Waals surface area contributed by atoms with Crippen LogP contribution in [0.2, 0.25) is 0 Å². The third-order valence-corrected chi connectivity index (χ3v) is 4.50. The Morgan fingerprint density at radius 3 is 3.00 bits per heavy atom. The molecule has 0 unspecified atom stereocenters. The first kappa shape index (κ1) is 14.4. The van der Waals surface area contributed by atoms with Gasteiger partial charge in [-0.1, -0.05) is 18.2 Å². The van der Waals surface area contributed by atoms with Gasteiger partial charge >= 0.3 is 0 Å². The molecule has 2 aliphatic rings. The van der Waals surface area contributed by atoms with Crippen LogP contribution in [0.1, 0.15) is 29.9 Å². The predicted molar refractivity (Wildman–Crippen MR) is 81.5 cm³/mol. The largest absolute Gasteiger partial charge is 0.496 e. The normalized spacial score (nSPS) is 25.1. The Kier molecular flexibility index (Phi) is 4.54. The van der Waals surface area contributed by atoms with Gasteiger partial charge in [0.2, 0.25) is 0 Å². The average molecular weight is 280 g/mol. The summed E-state index contributed by atoms with van der Waals surface area (Å²) < 4.78 is 5.51. The topological polar surface area (TPSA) is 12.5 Å². The lowest BCUT2D eigenvalue weighted by molar-refractivity contribution is 0.248. The molecule has 0 saturated carbocycles. The van der Waals surface area contributed by atoms with E-state index in [1.807, 2.05) is 6.08 Å². The Hall–Kier alpha value is -0.990. The van der Waals surface area contributed by atoms with E-state index >= 15 is 0 Å². The molecule has 1 aliphatic heterocycles. The molecule has 3 rings (SSSR count). The molecule has 0 N–H and O–H groups in total. The molecule has 0 radical (unpaired) electrons. The van der Waals surface area contributed by atoms with Gasteiger partial charge in [-0.2, -0.15) is 0 Å². The lowest BCUT2D eigenvalue weighted by Gasteiger charge is -2.33. The Morgan fingerprint density at radius 2 is 2.26 bits per heavy atom. The minimum absolute atomic E-state index is 0. The first-order valence-corrected chi connectivity index (χ1v) is 6.86. The van der Waals surface area contributed by atoms with E-state index in [1.54, 1.807) is 7.11 Å². The van der Waals surface area contributed by atoms with Crippen LogP contribution in [0.4, 0.5) is 0 Å². The highest BCUT2D eigenvalue weighted by Gasteiger charge is 2.38. The lowest BCUT2D eigenvalue weighted by Crippen LogP contribution is -2.35. The molecule has 104 valence electrons. The fourth-order valence-corrected chi connectivity index (χ4v) is 3.74. The highest BCUT2D eigenvalue weighted by atomic mass is 35.5. The molecular weight excluding hydrogens is 258 g/mol. The molecule has 0 aromatic heterocycles. The molecule has 1 aromatic rings. The molecule has 1 fully saturated rings. The fraction of sp³-hybridized carbons (Fsp3) is 0.500. The Balaban J connectivity index is 0.00000133. The molecule has 1 aromatic carbocycles. The number of methoxy groups -OCH3 is 1. The second-order valence-electron chi connectivity index (χ2n) is 5.31. The van der Waals surface area contributed by atoms with Crippen LogP contribution in [0, 0.1) is 0 Å². The second-order valence-corrected chi connectivity index (χ2v) is 5.31. The SMILES string of the molecule is C=CCN1CC[C@H]2c3cccc(OC)c3CC[C@H]21.Cl. The molecule has 0 spiro atoms. The third kappa shape index (κ3) is 2.39. The number of nitrogens with zero attached hydrogens (tertiary/aromatic N) is 1. The van der Waals surface area contributed by atoms with Crippen molar-refractivity contribution in [3.8, 4) is 5.75 Å². The molecule has 2 nitrogen and oxygen atoms in total. The van der Waals surface area contributed by atoms with Crippen LogP contribution in [0.5, 0.6) is 5.75 Å². The van der Waals surface area contributed by atoms with Crippen molar-refractivity contribution in [1.82, 2.24) is 4.90 Å². The average Bonchev–Trinajstić information content (AvgIpc) is 2.82. The van der Waals surface area contributed by atoms with Gasteiger partial charge in [-0.25, -0.2) is 0 Å². The number of halogens is 1. The van der Waals surface area contributed by atoms with E-state index in [9.17, 15) is 0 Å². The van der Waals surface area contributed by atoms with Gasteiger partial charge in [0, 0.05) is 18.5 Å². The summed E-state index contributed by atoms with van der Waals surface area (Å²) in [5, 5.41) is 0. The maximum atomic E-state index is 5.51. The Bertz CT molecular complexity index is 460. The zero-order valence-corrected chi connectivity index (χ0v) is 12.3. The molecule has 2 atom stereocenters. The number of hydrogen-bond donors (Lipinski definition) is 0. The molecule has 3 heteroatoms. The maximum absolute atomic E-state index is 5.51. The number of likely N-dealkylation sites (tertiary alicyclic amines) is 1. The summed E-state index contributed by atoms with van der Waals surface area (Å²) in [5.74, 6) is 1.77. The summed E-state index contributed by atoms with van der Waals surface area (Å²) in [5.41, 5.74) is 2.97. The van der Waals surface area contributed by atoms with Crippen molar-refractivity contribution in [2.45, 2.75) is 31.2 Å². The van der Waals surface area contributed by atoms with Crippen molar-refractivity contribution in [2.24, 2.45) is 0 Å². The van der Waals surface area contributed by atoms with Gasteiger partial charge in [0.1, 0.15) is 5.75 Å². The quantitative estimate of drug-likeness (QED) is 0.786. The fourth-order valence-electron chi connectivity index (χ4n) is 3.74. The van der Waals surface area contributed by atoms with Crippen molar-refractivity contribution in [2.75, 3.05) is 20.2 Å². The number of benzene rings is 1. The smallest absolute Gasteiger partial charge is 0.122 e. The summed E-state index contributed by atoms with van der Waals surface area (Å²) in [6.45, 7) is 6.11. The van der Waals surface area contributed by atoms with Crippen LogP contribution in [-0.4, -0.2) is 31.1 Å². The van der Waals surface area contributed by atoms with E-state index in [4.69, 9.17) is 4.74 Å². The molecule has 19 heavy (non-hydrogen) atoms. The third-order valence-electron chi connectivity index (χ3n) is 4.50. The van der Waals surface area contributed by atoms with Crippen LogP contribution >= 0.6 is 12.4 Å². The minimum atomic E-state index is 0. The number of hydrogen-bond acceptors (Lipinski definition) is 2. The summed E-state index contributed by atoms with van der Waals surface area (Å²) in [4.78, 5) is 2.58. The standard InChI is InChI=1S/C16H21NO.ClH/c1-3-10-17-11-9-13-12-5-4-6-16(18-2)14(12)7-8-15(13)17;/h3-6,13,15H,1,7-11H2,2H3;1H/t13-,15+;/m0./s1. The van der Waals surface area contributed by atoms with Crippen molar-refractivity contribution >= 4 is 12.4 Å². The molecular formula is C16H22ClNO. The summed E-state index contributed by atoms with van der Waals surface area (Å²) in [6, 6.07) is 7.24. The predicted octanol–water partition coefficient (Wildman–Crippen LogP) is 3.41. The van der Waals surface area contributed by atoms with Gasteiger partial charge in [0.15, 0.2) is 0 Å². The van der Waals surface area contributed by atoms with Crippen molar-refractivity contribution in [3.63, 3.8) is 0 Å². The van der Waals surface area contributed by atoms with E-state index < -0.39 is 0 Å². The van der Waals surface area contributed by atoms with Crippen molar-refractivity contribution in [3.05, 3.63) is 42.0 Å². The van der Waals surface area contributed by atoms with Crippen LogP contribution in [0.15, 0.2) is 30.9 Å². The van der Waals surface area contributed by atoms with Crippen molar-refractivity contribution in [1.29, 1.82) is 0 Å². The second kappa shape index (κ2) is 5.98. The maximum Gasteiger partial charge on any atom is 0.122 e. The van der Waals surface area contributed by atoms with E-state index in [-0.39, 0.29) is 12.4 Å². The van der Waals surface area contributed by atoms with Gasteiger partial charge in [-0.3, -0.25) is 4.90 Å². The van der Waals surface area contributed by atoms with Crippen molar-refractivity contribution < 1.29 is 4.74 Å². The zero-order valence-electron chi connectivity index (χ0n) is 11.5. The van der Waals surface area contributed by atoms with E-state index in [0.717, 1.165) is 18.7 Å². The van der Waals surface area contributed by atoms with Crippen LogP contribution in [0.3, 0.4) is 0 Å². The van der Waals surface area contributed by atoms with Gasteiger partial charge < -0.3 is 4.74 Å². The monoisotopic (exact) mass is 279 g/mol. The number of fused-ring (bicyclic) bond motifs is 3. The van der Waals surface area contributed by atoms with Gasteiger partial charge in [0.05, 0.1) is 7.11 Å². The number of rotatable bonds is 3. The molecule has 1 aliphatic carbocycles. The summed E-state index contributed by atoms with van der Waals surface area (Å²) in [7, 11) is 1.78. The van der Waals surface area contributed by atoms with Crippen LogP contribution < -0.4 is 4.74 Å². The zero-order chi connectivity index (χ0) is 12.5. The highest BCUT2D eigenvalue weighted by molar-refractivity contribution is 5.85. The lowest BCUT2D eigenvalue weighted by atomic mass is 9.79. The summed E-state index contributed by atoms with van der Waals surface area (Å²) in [6.07, 6.45) is 5.71. The molecule has 1 saturated heterocycles. The Morgan fingerprint density at radius 1 is 1.42 bits per heavy atom. The van der Waals surface area contributed by atoms with Gasteiger partial charge in [-0.15, -0.1) is 19.0 Å². The highest BCUT2D eigenvalue weighted by Crippen LogP contribution is 2.43. The first-order valence-electron chi connectivity index (χ1n) is 6.86. The van der Waals surface area contributed by atoms with E-state index in [2.05, 4.69) is 29.7 Å². The van der Waals surface area contributed by atoms with Gasteiger partial charge in [0.25, 0.3) is 0 Å². The Labute approximate surface area is 121 Å². The van der Waals surface area contributed by atoms with Crippen LogP contribution in [0.25, 0.3) is 0 Å². The molecule has 1 heterocycles.